The summed E-state index contributed by atoms with van der Waals surface area (Å²) in [6, 6.07) is 15.3. The van der Waals surface area contributed by atoms with Gasteiger partial charge in [0.05, 0.1) is 18.1 Å². The first-order chi connectivity index (χ1) is 10.3. The number of hydrogen-bond donors (Lipinski definition) is 1. The maximum Gasteiger partial charge on any atom is 0.251 e. The summed E-state index contributed by atoms with van der Waals surface area (Å²) in [6.07, 6.45) is 0. The first-order valence-corrected chi connectivity index (χ1v) is 7.07. The van der Waals surface area contributed by atoms with Gasteiger partial charge in [-0.25, -0.2) is 0 Å². The van der Waals surface area contributed by atoms with Gasteiger partial charge in [-0.05, 0) is 22.9 Å². The molecule has 0 saturated carbocycles. The molecular weight excluding hydrogens is 288 g/mol. The van der Waals surface area contributed by atoms with Gasteiger partial charge in [-0.3, -0.25) is 4.79 Å². The Morgan fingerprint density at radius 2 is 1.95 bits per heavy atom. The van der Waals surface area contributed by atoms with Crippen molar-refractivity contribution in [2.75, 3.05) is 0 Å². The van der Waals surface area contributed by atoms with Crippen molar-refractivity contribution < 1.29 is 9.32 Å². The molecule has 21 heavy (non-hydrogen) atoms. The van der Waals surface area contributed by atoms with Gasteiger partial charge in [0, 0.05) is 11.6 Å². The van der Waals surface area contributed by atoms with Crippen LogP contribution in [0, 0.1) is 0 Å². The van der Waals surface area contributed by atoms with Crippen LogP contribution in [0.5, 0.6) is 0 Å². The highest BCUT2D eigenvalue weighted by Gasteiger charge is 2.08. The van der Waals surface area contributed by atoms with Crippen molar-refractivity contribution in [3.8, 4) is 0 Å². The van der Waals surface area contributed by atoms with E-state index in [2.05, 4.69) is 10.5 Å². The molecule has 0 fully saturated rings. The SMILES string of the molecule is O=C(NCc1cc(CCl)no1)c1ccc2ccccc2c1. The summed E-state index contributed by atoms with van der Waals surface area (Å²) in [5, 5.41) is 8.71. The molecule has 0 aliphatic heterocycles. The number of fused-ring (bicyclic) bond motifs is 1. The number of amides is 1. The zero-order valence-electron chi connectivity index (χ0n) is 11.2. The highest BCUT2D eigenvalue weighted by atomic mass is 35.5. The summed E-state index contributed by atoms with van der Waals surface area (Å²) in [7, 11) is 0. The molecule has 1 N–H and O–H groups in total. The maximum absolute atomic E-state index is 12.1. The van der Waals surface area contributed by atoms with Gasteiger partial charge in [0.15, 0.2) is 5.76 Å². The van der Waals surface area contributed by atoms with Gasteiger partial charge in [0.1, 0.15) is 0 Å². The van der Waals surface area contributed by atoms with E-state index in [1.165, 1.54) is 0 Å². The van der Waals surface area contributed by atoms with E-state index in [0.717, 1.165) is 10.8 Å². The molecule has 0 unspecified atom stereocenters. The molecule has 0 aliphatic rings. The smallest absolute Gasteiger partial charge is 0.251 e. The molecule has 1 aromatic heterocycles. The van der Waals surface area contributed by atoms with Gasteiger partial charge >= 0.3 is 0 Å². The van der Waals surface area contributed by atoms with E-state index in [1.807, 2.05) is 42.5 Å². The van der Waals surface area contributed by atoms with E-state index in [0.29, 0.717) is 22.9 Å². The van der Waals surface area contributed by atoms with E-state index in [9.17, 15) is 4.79 Å². The molecule has 2 aromatic carbocycles. The van der Waals surface area contributed by atoms with Gasteiger partial charge in [-0.15, -0.1) is 11.6 Å². The number of carbonyl (C=O) groups is 1. The number of carbonyl (C=O) groups excluding carboxylic acids is 1. The van der Waals surface area contributed by atoms with E-state index < -0.39 is 0 Å². The Morgan fingerprint density at radius 3 is 2.71 bits per heavy atom. The second kappa shape index (κ2) is 5.97. The molecule has 5 heteroatoms. The first-order valence-electron chi connectivity index (χ1n) is 6.54. The quantitative estimate of drug-likeness (QED) is 0.750. The predicted molar refractivity (Wildman–Crippen MR) is 81.2 cm³/mol. The third kappa shape index (κ3) is 3.06. The third-order valence-corrected chi connectivity index (χ3v) is 3.45. The second-order valence-corrected chi connectivity index (χ2v) is 4.93. The number of alkyl halides is 1. The zero-order chi connectivity index (χ0) is 14.7. The van der Waals surface area contributed by atoms with Crippen LogP contribution in [0.1, 0.15) is 21.8 Å². The number of halogens is 1. The van der Waals surface area contributed by atoms with E-state index in [-0.39, 0.29) is 12.5 Å². The lowest BCUT2D eigenvalue weighted by atomic mass is 10.1. The summed E-state index contributed by atoms with van der Waals surface area (Å²) < 4.78 is 5.06. The first kappa shape index (κ1) is 13.6. The zero-order valence-corrected chi connectivity index (χ0v) is 11.9. The summed E-state index contributed by atoms with van der Waals surface area (Å²) in [5.74, 6) is 0.728. The number of benzene rings is 2. The molecule has 106 valence electrons. The Kier molecular flexibility index (Phi) is 3.88. The van der Waals surface area contributed by atoms with Crippen LogP contribution >= 0.6 is 11.6 Å². The Hall–Kier alpha value is -2.33. The van der Waals surface area contributed by atoms with Crippen LogP contribution in [-0.2, 0) is 12.4 Å². The van der Waals surface area contributed by atoms with Crippen LogP contribution < -0.4 is 5.32 Å². The van der Waals surface area contributed by atoms with Gasteiger partial charge in [0.25, 0.3) is 5.91 Å². The standard InChI is InChI=1S/C16H13ClN2O2/c17-9-14-8-15(21-19-14)10-18-16(20)13-6-5-11-3-1-2-4-12(11)7-13/h1-8H,9-10H2,(H,18,20). The van der Waals surface area contributed by atoms with Crippen molar-refractivity contribution in [3.05, 3.63) is 65.5 Å². The molecule has 4 nitrogen and oxygen atoms in total. The average Bonchev–Trinajstić information content (AvgIpc) is 3.00. The molecule has 0 radical (unpaired) electrons. The number of nitrogens with one attached hydrogen (secondary N) is 1. The number of nitrogens with zero attached hydrogens (tertiary/aromatic N) is 1. The molecule has 1 amide bonds. The normalized spacial score (nSPS) is 10.7. The van der Waals surface area contributed by atoms with Gasteiger partial charge < -0.3 is 9.84 Å². The summed E-state index contributed by atoms with van der Waals surface area (Å²) in [4.78, 5) is 12.1. The fraction of sp³-hybridized carbons (Fsp3) is 0.125. The largest absolute Gasteiger partial charge is 0.359 e. The van der Waals surface area contributed by atoms with Crippen LogP contribution in [0.2, 0.25) is 0 Å². The predicted octanol–water partition coefficient (Wildman–Crippen LogP) is 3.50. The Bertz CT molecular complexity index is 783. The minimum Gasteiger partial charge on any atom is -0.359 e. The molecule has 0 bridgehead atoms. The minimum absolute atomic E-state index is 0.149. The van der Waals surface area contributed by atoms with E-state index in [4.69, 9.17) is 16.1 Å². The summed E-state index contributed by atoms with van der Waals surface area (Å²) in [6.45, 7) is 0.287. The lowest BCUT2D eigenvalue weighted by Gasteiger charge is -2.04. The molecule has 0 atom stereocenters. The molecule has 3 aromatic rings. The van der Waals surface area contributed by atoms with Crippen LogP contribution in [0.25, 0.3) is 10.8 Å². The number of hydrogen-bond acceptors (Lipinski definition) is 3. The number of rotatable bonds is 4. The van der Waals surface area contributed by atoms with Crippen molar-refractivity contribution in [2.24, 2.45) is 0 Å². The van der Waals surface area contributed by atoms with Crippen molar-refractivity contribution in [1.82, 2.24) is 10.5 Å². The number of aromatic nitrogens is 1. The highest BCUT2D eigenvalue weighted by Crippen LogP contribution is 2.15. The van der Waals surface area contributed by atoms with Crippen LogP contribution in [0.15, 0.2) is 53.1 Å². The summed E-state index contributed by atoms with van der Waals surface area (Å²) >= 11 is 5.64. The second-order valence-electron chi connectivity index (χ2n) is 4.66. The lowest BCUT2D eigenvalue weighted by Crippen LogP contribution is -2.22. The topological polar surface area (TPSA) is 55.1 Å². The summed E-state index contributed by atoms with van der Waals surface area (Å²) in [5.41, 5.74) is 1.28. The van der Waals surface area contributed by atoms with Gasteiger partial charge in [-0.1, -0.05) is 35.5 Å². The fourth-order valence-corrected chi connectivity index (χ4v) is 2.23. The van der Waals surface area contributed by atoms with Crippen LogP contribution in [-0.4, -0.2) is 11.1 Å². The Balaban J connectivity index is 1.71. The van der Waals surface area contributed by atoms with Crippen molar-refractivity contribution in [2.45, 2.75) is 12.4 Å². The molecule has 0 saturated heterocycles. The monoisotopic (exact) mass is 300 g/mol. The van der Waals surface area contributed by atoms with E-state index >= 15 is 0 Å². The maximum atomic E-state index is 12.1. The van der Waals surface area contributed by atoms with Crippen LogP contribution in [0.3, 0.4) is 0 Å². The molecule has 1 heterocycles. The van der Waals surface area contributed by atoms with Crippen LogP contribution in [0.4, 0.5) is 0 Å². The van der Waals surface area contributed by atoms with Crippen molar-refractivity contribution in [1.29, 1.82) is 0 Å². The average molecular weight is 301 g/mol. The minimum atomic E-state index is -0.149. The molecule has 0 aliphatic carbocycles. The fourth-order valence-electron chi connectivity index (χ4n) is 2.10. The Labute approximate surface area is 126 Å². The molecular formula is C16H13ClN2O2. The van der Waals surface area contributed by atoms with E-state index in [1.54, 1.807) is 6.07 Å². The highest BCUT2D eigenvalue weighted by molar-refractivity contribution is 6.16. The molecule has 3 rings (SSSR count). The van der Waals surface area contributed by atoms with Gasteiger partial charge in [0.2, 0.25) is 0 Å². The lowest BCUT2D eigenvalue weighted by molar-refractivity contribution is 0.0947. The third-order valence-electron chi connectivity index (χ3n) is 3.18. The van der Waals surface area contributed by atoms with Crippen molar-refractivity contribution >= 4 is 28.3 Å². The van der Waals surface area contributed by atoms with Crippen molar-refractivity contribution in [3.63, 3.8) is 0 Å². The van der Waals surface area contributed by atoms with Gasteiger partial charge in [-0.2, -0.15) is 0 Å². The molecule has 0 spiro atoms. The Morgan fingerprint density at radius 1 is 1.14 bits per heavy atom.